The van der Waals surface area contributed by atoms with Crippen molar-refractivity contribution in [3.63, 3.8) is 0 Å². The summed E-state index contributed by atoms with van der Waals surface area (Å²) in [7, 11) is 3.30. The molecule has 1 saturated carbocycles. The predicted octanol–water partition coefficient (Wildman–Crippen LogP) is 2.04. The molecule has 110 valence electrons. The summed E-state index contributed by atoms with van der Waals surface area (Å²) in [6.07, 6.45) is 6.21. The van der Waals surface area contributed by atoms with Crippen molar-refractivity contribution in [3.8, 4) is 0 Å². The van der Waals surface area contributed by atoms with Crippen molar-refractivity contribution in [1.29, 1.82) is 0 Å². The van der Waals surface area contributed by atoms with Crippen LogP contribution in [0.5, 0.6) is 0 Å². The first-order valence-electron chi connectivity index (χ1n) is 7.06. The minimum absolute atomic E-state index is 0.0783. The highest BCUT2D eigenvalue weighted by molar-refractivity contribution is 7.99. The molecule has 0 unspecified atom stereocenters. The summed E-state index contributed by atoms with van der Waals surface area (Å²) in [6.45, 7) is 0. The summed E-state index contributed by atoms with van der Waals surface area (Å²) < 4.78 is 8.44. The Bertz CT molecular complexity index is 816. The van der Waals surface area contributed by atoms with Gasteiger partial charge >= 0.3 is 5.97 Å². The van der Waals surface area contributed by atoms with Crippen LogP contribution in [-0.4, -0.2) is 28.0 Å². The second-order valence-corrected chi connectivity index (χ2v) is 6.78. The van der Waals surface area contributed by atoms with Gasteiger partial charge in [0.2, 0.25) is 0 Å². The molecule has 0 radical (unpaired) electrons. The monoisotopic (exact) mass is 304 g/mol. The average molecular weight is 304 g/mol. The van der Waals surface area contributed by atoms with E-state index >= 15 is 0 Å². The van der Waals surface area contributed by atoms with Gasteiger partial charge in [0.15, 0.2) is 0 Å². The molecule has 2 aromatic heterocycles. The Labute approximate surface area is 125 Å². The number of ether oxygens (including phenoxy) is 1. The third kappa shape index (κ3) is 1.78. The molecule has 4 rings (SSSR count). The van der Waals surface area contributed by atoms with E-state index in [-0.39, 0.29) is 11.5 Å². The highest BCUT2D eigenvalue weighted by Gasteiger charge is 2.38. The number of hydrogen-bond donors (Lipinski definition) is 0. The van der Waals surface area contributed by atoms with E-state index in [0.717, 1.165) is 10.4 Å². The minimum atomic E-state index is -0.496. The number of esters is 1. The van der Waals surface area contributed by atoms with Crippen molar-refractivity contribution < 1.29 is 9.53 Å². The van der Waals surface area contributed by atoms with Crippen molar-refractivity contribution in [2.45, 2.75) is 29.8 Å². The lowest BCUT2D eigenvalue weighted by Gasteiger charge is -2.14. The normalized spacial score (nSPS) is 20.8. The van der Waals surface area contributed by atoms with Gasteiger partial charge in [-0.25, -0.2) is 4.79 Å². The Hall–Kier alpha value is -1.69. The number of carbonyl (C=O) groups is 1. The number of thioether (sulfide) groups is 1. The van der Waals surface area contributed by atoms with Crippen molar-refractivity contribution in [3.05, 3.63) is 28.3 Å². The van der Waals surface area contributed by atoms with Crippen LogP contribution in [0.1, 0.15) is 30.4 Å². The lowest BCUT2D eigenvalue weighted by atomic mass is 10.1. The standard InChI is InChI=1S/C15H16N2O3S/c1-16-5-9-10(6-16)13(18)17-11(15(19)20-2)7-21-14(17)12(9)8-3-4-8/h5-6,8,11H,3-4,7H2,1-2H3/t11-/m0/s1. The van der Waals surface area contributed by atoms with Crippen LogP contribution >= 0.6 is 11.8 Å². The largest absolute Gasteiger partial charge is 0.467 e. The number of fused-ring (bicyclic) bond motifs is 2. The number of methoxy groups -OCH3 is 1. The quantitative estimate of drug-likeness (QED) is 0.797. The molecule has 2 aromatic rings. The molecule has 3 heterocycles. The summed E-state index contributed by atoms with van der Waals surface area (Å²) in [6, 6.07) is -0.496. The van der Waals surface area contributed by atoms with Crippen LogP contribution in [-0.2, 0) is 16.6 Å². The number of nitrogens with zero attached hydrogens (tertiary/aromatic N) is 2. The summed E-state index contributed by atoms with van der Waals surface area (Å²) in [5.74, 6) is 0.779. The predicted molar refractivity (Wildman–Crippen MR) is 80.9 cm³/mol. The van der Waals surface area contributed by atoms with Crippen LogP contribution in [0, 0.1) is 0 Å². The van der Waals surface area contributed by atoms with Crippen LogP contribution < -0.4 is 5.56 Å². The number of rotatable bonds is 2. The molecule has 0 amide bonds. The molecule has 1 aliphatic heterocycles. The van der Waals surface area contributed by atoms with Crippen molar-refractivity contribution in [2.24, 2.45) is 7.05 Å². The SMILES string of the molecule is COC(=O)[C@@H]1CSc2c(C3CC3)c3cn(C)cc3c(=O)n21. The van der Waals surface area contributed by atoms with Crippen LogP contribution in [0.3, 0.4) is 0 Å². The zero-order chi connectivity index (χ0) is 14.7. The van der Waals surface area contributed by atoms with E-state index < -0.39 is 6.04 Å². The van der Waals surface area contributed by atoms with Crippen LogP contribution in [0.2, 0.25) is 0 Å². The molecule has 1 atom stereocenters. The topological polar surface area (TPSA) is 53.2 Å². The van der Waals surface area contributed by atoms with E-state index in [4.69, 9.17) is 4.74 Å². The maximum Gasteiger partial charge on any atom is 0.329 e. The fraction of sp³-hybridized carbons (Fsp3) is 0.467. The zero-order valence-corrected chi connectivity index (χ0v) is 12.8. The smallest absolute Gasteiger partial charge is 0.329 e. The van der Waals surface area contributed by atoms with Gasteiger partial charge in [0.1, 0.15) is 6.04 Å². The van der Waals surface area contributed by atoms with Gasteiger partial charge in [-0.1, -0.05) is 0 Å². The van der Waals surface area contributed by atoms with Gasteiger partial charge in [0, 0.05) is 30.6 Å². The molecule has 5 nitrogen and oxygen atoms in total. The van der Waals surface area contributed by atoms with Gasteiger partial charge in [-0.15, -0.1) is 11.8 Å². The highest BCUT2D eigenvalue weighted by atomic mass is 32.2. The highest BCUT2D eigenvalue weighted by Crippen LogP contribution is 2.49. The third-order valence-electron chi connectivity index (χ3n) is 4.29. The van der Waals surface area contributed by atoms with Crippen molar-refractivity contribution in [2.75, 3.05) is 12.9 Å². The van der Waals surface area contributed by atoms with E-state index in [1.165, 1.54) is 25.5 Å². The van der Waals surface area contributed by atoms with Gasteiger partial charge in [-0.3, -0.25) is 9.36 Å². The van der Waals surface area contributed by atoms with E-state index in [1.54, 1.807) is 16.3 Å². The molecule has 0 spiro atoms. The third-order valence-corrected chi connectivity index (χ3v) is 5.47. The number of pyridine rings is 1. The van der Waals surface area contributed by atoms with Gasteiger partial charge in [0.25, 0.3) is 5.56 Å². The molecule has 2 aliphatic rings. The zero-order valence-electron chi connectivity index (χ0n) is 12.0. The molecule has 1 aliphatic carbocycles. The molecule has 21 heavy (non-hydrogen) atoms. The first kappa shape index (κ1) is 13.0. The van der Waals surface area contributed by atoms with Crippen LogP contribution in [0.15, 0.2) is 22.2 Å². The molecule has 1 fully saturated rings. The summed E-state index contributed by atoms with van der Waals surface area (Å²) in [5, 5.41) is 2.73. The van der Waals surface area contributed by atoms with Crippen molar-refractivity contribution in [1.82, 2.24) is 9.13 Å². The average Bonchev–Trinajstić information content (AvgIpc) is 3.07. The second kappa shape index (κ2) is 4.40. The Balaban J connectivity index is 2.05. The summed E-state index contributed by atoms with van der Waals surface area (Å²) in [4.78, 5) is 24.8. The Morgan fingerprint density at radius 3 is 2.71 bits per heavy atom. The van der Waals surface area contributed by atoms with E-state index in [2.05, 4.69) is 0 Å². The Morgan fingerprint density at radius 2 is 2.05 bits per heavy atom. The van der Waals surface area contributed by atoms with Gasteiger partial charge in [0.05, 0.1) is 17.5 Å². The number of carbonyl (C=O) groups excluding carboxylic acids is 1. The lowest BCUT2D eigenvalue weighted by molar-refractivity contribution is -0.143. The molecular weight excluding hydrogens is 288 g/mol. The first-order chi connectivity index (χ1) is 10.1. The summed E-state index contributed by atoms with van der Waals surface area (Å²) in [5.41, 5.74) is 1.17. The minimum Gasteiger partial charge on any atom is -0.467 e. The van der Waals surface area contributed by atoms with Gasteiger partial charge in [-0.05, 0) is 24.3 Å². The van der Waals surface area contributed by atoms with Gasteiger partial charge < -0.3 is 9.30 Å². The van der Waals surface area contributed by atoms with Gasteiger partial charge in [-0.2, -0.15) is 0 Å². The molecule has 0 N–H and O–H groups in total. The van der Waals surface area contributed by atoms with E-state index in [0.29, 0.717) is 17.1 Å². The number of aryl methyl sites for hydroxylation is 1. The fourth-order valence-electron chi connectivity index (χ4n) is 3.17. The van der Waals surface area contributed by atoms with Crippen molar-refractivity contribution >= 4 is 28.5 Å². The maximum absolute atomic E-state index is 12.8. The molecule has 6 heteroatoms. The molecule has 0 aromatic carbocycles. The van der Waals surface area contributed by atoms with Crippen LogP contribution in [0.4, 0.5) is 0 Å². The Morgan fingerprint density at radius 1 is 1.33 bits per heavy atom. The van der Waals surface area contributed by atoms with E-state index in [1.807, 2.05) is 24.0 Å². The molecule has 0 saturated heterocycles. The van der Waals surface area contributed by atoms with Crippen LogP contribution in [0.25, 0.3) is 10.8 Å². The second-order valence-electron chi connectivity index (χ2n) is 5.77. The maximum atomic E-state index is 12.8. The van der Waals surface area contributed by atoms with E-state index in [9.17, 15) is 9.59 Å². The lowest BCUT2D eigenvalue weighted by Crippen LogP contribution is -2.30. The molecular formula is C15H16N2O3S. The Kier molecular flexibility index (Phi) is 2.73. The number of aromatic nitrogens is 2. The molecule has 0 bridgehead atoms. The summed E-state index contributed by atoms with van der Waals surface area (Å²) >= 11 is 1.61. The first-order valence-corrected chi connectivity index (χ1v) is 8.05. The number of hydrogen-bond acceptors (Lipinski definition) is 4. The fourth-order valence-corrected chi connectivity index (χ4v) is 4.56.